The summed E-state index contributed by atoms with van der Waals surface area (Å²) in [5, 5.41) is 23.7. The van der Waals surface area contributed by atoms with Gasteiger partial charge < -0.3 is 30.2 Å². The molecule has 2 aliphatic rings. The maximum Gasteiger partial charge on any atom is 0.243 e. The molecule has 202 valence electrons. The topological polar surface area (TPSA) is 109 Å². The predicted octanol–water partition coefficient (Wildman–Crippen LogP) is 1.97. The van der Waals surface area contributed by atoms with Crippen molar-refractivity contribution in [3.8, 4) is 10.4 Å². The normalized spacial score (nSPS) is 22.4. The van der Waals surface area contributed by atoms with E-state index in [1.807, 2.05) is 39.1 Å². The van der Waals surface area contributed by atoms with E-state index in [1.165, 1.54) is 4.90 Å². The van der Waals surface area contributed by atoms with Crippen molar-refractivity contribution in [1.82, 2.24) is 20.1 Å². The van der Waals surface area contributed by atoms with Gasteiger partial charge >= 0.3 is 0 Å². The molecular formula is C27H39N5O4S. The minimum absolute atomic E-state index is 0.126. The van der Waals surface area contributed by atoms with Gasteiger partial charge in [0.15, 0.2) is 0 Å². The number of β-amino-alcohol motifs (C(OH)–C–C–N with tert-alkyl or cyclic N) is 1. The summed E-state index contributed by atoms with van der Waals surface area (Å²) in [7, 11) is 2.10. The Balaban J connectivity index is 1.60. The van der Waals surface area contributed by atoms with Gasteiger partial charge in [-0.25, -0.2) is 0 Å². The van der Waals surface area contributed by atoms with Gasteiger partial charge in [0, 0.05) is 62.5 Å². The number of amides is 2. The number of thiazole rings is 1. The fourth-order valence-electron chi connectivity index (χ4n) is 5.01. The van der Waals surface area contributed by atoms with Crippen molar-refractivity contribution in [1.29, 1.82) is 0 Å². The van der Waals surface area contributed by atoms with Gasteiger partial charge in [-0.3, -0.25) is 14.6 Å². The molecule has 2 saturated heterocycles. The number of piperazine rings is 1. The van der Waals surface area contributed by atoms with Gasteiger partial charge in [-0.15, -0.1) is 11.3 Å². The lowest BCUT2D eigenvalue weighted by Gasteiger charge is -2.36. The number of likely N-dealkylation sites (tertiary alicyclic amines) is 1. The van der Waals surface area contributed by atoms with Gasteiger partial charge in [0.25, 0.3) is 0 Å². The Kier molecular flexibility index (Phi) is 8.84. The predicted molar refractivity (Wildman–Crippen MR) is 145 cm³/mol. The Morgan fingerprint density at radius 3 is 2.54 bits per heavy atom. The molecule has 2 aliphatic heterocycles. The Morgan fingerprint density at radius 1 is 1.19 bits per heavy atom. The molecule has 2 amide bonds. The molecule has 4 unspecified atom stereocenters. The van der Waals surface area contributed by atoms with Crippen LogP contribution in [0.25, 0.3) is 10.4 Å². The number of anilines is 1. The Bertz CT molecular complexity index is 1070. The van der Waals surface area contributed by atoms with E-state index in [2.05, 4.69) is 33.2 Å². The smallest absolute Gasteiger partial charge is 0.243 e. The first-order chi connectivity index (χ1) is 17.7. The van der Waals surface area contributed by atoms with E-state index >= 15 is 0 Å². The molecule has 0 spiro atoms. The summed E-state index contributed by atoms with van der Waals surface area (Å²) in [6.45, 7) is 9.19. The number of likely N-dealkylation sites (N-methyl/N-ethyl adjacent to an activating group) is 1. The van der Waals surface area contributed by atoms with Crippen LogP contribution in [0, 0.1) is 11.8 Å². The number of nitrogens with zero attached hydrogens (tertiary/aromatic N) is 4. The zero-order valence-corrected chi connectivity index (χ0v) is 22.9. The van der Waals surface area contributed by atoms with Gasteiger partial charge in [-0.1, -0.05) is 32.9 Å². The van der Waals surface area contributed by atoms with E-state index < -0.39 is 18.2 Å². The third-order valence-electron chi connectivity index (χ3n) is 7.72. The number of hydrogen-bond donors (Lipinski definition) is 3. The third kappa shape index (κ3) is 6.14. The van der Waals surface area contributed by atoms with Crippen molar-refractivity contribution < 1.29 is 19.8 Å². The summed E-state index contributed by atoms with van der Waals surface area (Å²) >= 11 is 1.57. The van der Waals surface area contributed by atoms with E-state index in [-0.39, 0.29) is 43.2 Å². The molecular weight excluding hydrogens is 490 g/mol. The molecule has 1 aromatic carbocycles. The lowest BCUT2D eigenvalue weighted by Crippen LogP contribution is -2.49. The van der Waals surface area contributed by atoms with Gasteiger partial charge in [0.2, 0.25) is 11.8 Å². The van der Waals surface area contributed by atoms with E-state index in [4.69, 9.17) is 0 Å². The van der Waals surface area contributed by atoms with Gasteiger partial charge in [0.1, 0.15) is 6.04 Å². The SMILES string of the molecule is CC(C)C(C)C(=O)N1CC(O)CC1C(=O)NC(CO)c1ccc(-c2cncs2)cc1N1CCN(C)CC1. The number of aliphatic hydroxyl groups excluding tert-OH is 2. The van der Waals surface area contributed by atoms with Crippen molar-refractivity contribution in [2.75, 3.05) is 51.3 Å². The Morgan fingerprint density at radius 2 is 1.92 bits per heavy atom. The number of aromatic nitrogens is 1. The van der Waals surface area contributed by atoms with Gasteiger partial charge in [-0.05, 0) is 24.6 Å². The molecule has 0 aliphatic carbocycles. The van der Waals surface area contributed by atoms with Crippen LogP contribution >= 0.6 is 11.3 Å². The molecule has 37 heavy (non-hydrogen) atoms. The number of nitrogens with one attached hydrogen (secondary N) is 1. The van der Waals surface area contributed by atoms with Crippen LogP contribution in [0.2, 0.25) is 0 Å². The number of rotatable bonds is 8. The van der Waals surface area contributed by atoms with E-state index in [0.29, 0.717) is 0 Å². The van der Waals surface area contributed by atoms with Crippen molar-refractivity contribution >= 4 is 28.8 Å². The highest BCUT2D eigenvalue weighted by molar-refractivity contribution is 7.13. The Hall–Kier alpha value is -2.53. The summed E-state index contributed by atoms with van der Waals surface area (Å²) in [6.07, 6.45) is 1.29. The number of carbonyl (C=O) groups excluding carboxylic acids is 2. The van der Waals surface area contributed by atoms with Crippen LogP contribution in [0.5, 0.6) is 0 Å². The van der Waals surface area contributed by atoms with Crippen molar-refractivity contribution in [2.24, 2.45) is 11.8 Å². The van der Waals surface area contributed by atoms with Gasteiger partial charge in [0.05, 0.1) is 29.1 Å². The molecule has 3 heterocycles. The lowest BCUT2D eigenvalue weighted by atomic mass is 9.96. The van der Waals surface area contributed by atoms with Crippen LogP contribution in [0.4, 0.5) is 5.69 Å². The highest BCUT2D eigenvalue weighted by Gasteiger charge is 2.41. The van der Waals surface area contributed by atoms with Crippen molar-refractivity contribution in [3.63, 3.8) is 0 Å². The molecule has 0 saturated carbocycles. The van der Waals surface area contributed by atoms with E-state index in [0.717, 1.165) is 47.9 Å². The second-order valence-electron chi connectivity index (χ2n) is 10.6. The summed E-state index contributed by atoms with van der Waals surface area (Å²) in [6, 6.07) is 4.67. The number of benzene rings is 1. The molecule has 0 radical (unpaired) electrons. The summed E-state index contributed by atoms with van der Waals surface area (Å²) < 4.78 is 0. The van der Waals surface area contributed by atoms with Crippen LogP contribution < -0.4 is 10.2 Å². The number of aliphatic hydroxyl groups is 2. The fraction of sp³-hybridized carbons (Fsp3) is 0.593. The molecule has 2 aromatic rings. The van der Waals surface area contributed by atoms with Crippen LogP contribution in [-0.2, 0) is 9.59 Å². The minimum atomic E-state index is -0.763. The first-order valence-electron chi connectivity index (χ1n) is 13.1. The van der Waals surface area contributed by atoms with Gasteiger partial charge in [-0.2, -0.15) is 0 Å². The molecule has 10 heteroatoms. The second kappa shape index (κ2) is 11.9. The highest BCUT2D eigenvalue weighted by Crippen LogP contribution is 2.34. The van der Waals surface area contributed by atoms with Crippen molar-refractivity contribution in [2.45, 2.75) is 45.4 Å². The molecule has 1 aromatic heterocycles. The van der Waals surface area contributed by atoms with Crippen LogP contribution in [0.15, 0.2) is 29.9 Å². The molecule has 4 rings (SSSR count). The minimum Gasteiger partial charge on any atom is -0.394 e. The van der Waals surface area contributed by atoms with Crippen molar-refractivity contribution in [3.05, 3.63) is 35.5 Å². The molecule has 4 atom stereocenters. The summed E-state index contributed by atoms with van der Waals surface area (Å²) in [4.78, 5) is 37.9. The zero-order chi connectivity index (χ0) is 26.7. The number of carbonyl (C=O) groups is 2. The highest BCUT2D eigenvalue weighted by atomic mass is 32.1. The third-order valence-corrected chi connectivity index (χ3v) is 8.54. The first-order valence-corrected chi connectivity index (χ1v) is 13.9. The van der Waals surface area contributed by atoms with E-state index in [9.17, 15) is 19.8 Å². The second-order valence-corrected chi connectivity index (χ2v) is 11.5. The monoisotopic (exact) mass is 529 g/mol. The summed E-state index contributed by atoms with van der Waals surface area (Å²) in [5.41, 5.74) is 4.66. The maximum absolute atomic E-state index is 13.5. The molecule has 3 N–H and O–H groups in total. The summed E-state index contributed by atoms with van der Waals surface area (Å²) in [5.74, 6) is -0.602. The standard InChI is InChI=1S/C27H39N5O4S/c1-17(2)18(3)27(36)32-14-20(34)12-24(32)26(35)29-22(15-33)21-6-5-19(25-13-28-16-37-25)11-23(21)31-9-7-30(4)8-10-31/h5-6,11,13,16-18,20,22,24,33-34H,7-10,12,14-15H2,1-4H3,(H,29,35). The lowest BCUT2D eigenvalue weighted by molar-refractivity contribution is -0.142. The zero-order valence-electron chi connectivity index (χ0n) is 22.1. The average molecular weight is 530 g/mol. The largest absolute Gasteiger partial charge is 0.394 e. The van der Waals surface area contributed by atoms with E-state index in [1.54, 1.807) is 16.8 Å². The molecule has 9 nitrogen and oxygen atoms in total. The van der Waals surface area contributed by atoms with Crippen LogP contribution in [0.3, 0.4) is 0 Å². The molecule has 2 fully saturated rings. The first kappa shape index (κ1) is 27.5. The maximum atomic E-state index is 13.5. The number of hydrogen-bond acceptors (Lipinski definition) is 8. The Labute approximate surface area is 223 Å². The van der Waals surface area contributed by atoms with Crippen LogP contribution in [-0.4, -0.2) is 95.3 Å². The average Bonchev–Trinajstić information content (AvgIpc) is 3.56. The fourth-order valence-corrected chi connectivity index (χ4v) is 5.63. The quantitative estimate of drug-likeness (QED) is 0.480. The van der Waals surface area contributed by atoms with Crippen LogP contribution in [0.1, 0.15) is 38.8 Å². The molecule has 0 bridgehead atoms.